The molecule has 10 heteroatoms. The second kappa shape index (κ2) is 10.3. The molecule has 3 aromatic rings. The predicted octanol–water partition coefficient (Wildman–Crippen LogP) is 3.44. The molecule has 3 heterocycles. The minimum absolute atomic E-state index is 0. The van der Waals surface area contributed by atoms with Crippen LogP contribution in [0.3, 0.4) is 0 Å². The first-order chi connectivity index (χ1) is 15.1. The molecule has 168 valence electrons. The predicted molar refractivity (Wildman–Crippen MR) is 127 cm³/mol. The molecule has 32 heavy (non-hydrogen) atoms. The number of hydrogen-bond acceptors (Lipinski definition) is 8. The van der Waals surface area contributed by atoms with Crippen molar-refractivity contribution in [3.8, 4) is 23.1 Å². The molecule has 1 saturated heterocycles. The number of anilines is 3. The number of likely N-dealkylation sites (tertiary alicyclic amines) is 1. The molecule has 0 amide bonds. The minimum Gasteiger partial charge on any atom is -0.496 e. The van der Waals surface area contributed by atoms with Gasteiger partial charge in [0.1, 0.15) is 17.6 Å². The van der Waals surface area contributed by atoms with E-state index in [0.717, 1.165) is 48.6 Å². The van der Waals surface area contributed by atoms with Gasteiger partial charge in [0, 0.05) is 36.5 Å². The lowest BCUT2D eigenvalue weighted by Gasteiger charge is -2.36. The fraction of sp³-hybridized carbons (Fsp3) is 0.364. The van der Waals surface area contributed by atoms with E-state index in [4.69, 9.17) is 10.00 Å². The van der Waals surface area contributed by atoms with E-state index in [1.165, 1.54) is 12.4 Å². The number of methoxy groups -OCH3 is 1. The van der Waals surface area contributed by atoms with E-state index in [9.17, 15) is 0 Å². The molecule has 2 N–H and O–H groups in total. The molecule has 4 rings (SSSR count). The Morgan fingerprint density at radius 1 is 1.19 bits per heavy atom. The van der Waals surface area contributed by atoms with Crippen LogP contribution in [0.5, 0.6) is 5.75 Å². The number of nitrogens with one attached hydrogen (secondary N) is 2. The van der Waals surface area contributed by atoms with E-state index in [-0.39, 0.29) is 18.1 Å². The number of aromatic nitrogens is 4. The lowest BCUT2D eigenvalue weighted by molar-refractivity contribution is 0.253. The molecule has 0 spiro atoms. The lowest BCUT2D eigenvalue weighted by atomic mass is 10.0. The van der Waals surface area contributed by atoms with Crippen molar-refractivity contribution < 1.29 is 4.74 Å². The first kappa shape index (κ1) is 23.3. The van der Waals surface area contributed by atoms with Crippen LogP contribution in [0.1, 0.15) is 18.5 Å². The quantitative estimate of drug-likeness (QED) is 0.583. The number of halogens is 1. The Morgan fingerprint density at radius 2 is 1.97 bits per heavy atom. The molecule has 1 aliphatic rings. The highest BCUT2D eigenvalue weighted by Crippen LogP contribution is 2.34. The van der Waals surface area contributed by atoms with Gasteiger partial charge >= 0.3 is 0 Å². The van der Waals surface area contributed by atoms with Gasteiger partial charge in [-0.15, -0.1) is 12.4 Å². The van der Waals surface area contributed by atoms with Gasteiger partial charge in [0.25, 0.3) is 0 Å². The second-order valence-electron chi connectivity index (χ2n) is 7.72. The van der Waals surface area contributed by atoms with Gasteiger partial charge in [0.2, 0.25) is 0 Å². The van der Waals surface area contributed by atoms with E-state index in [0.29, 0.717) is 17.7 Å². The molecule has 1 fully saturated rings. The Balaban J connectivity index is 0.00000289. The Kier molecular flexibility index (Phi) is 7.51. The number of benzene rings is 1. The van der Waals surface area contributed by atoms with Gasteiger partial charge in [-0.2, -0.15) is 10.4 Å². The van der Waals surface area contributed by atoms with Crippen LogP contribution in [0, 0.1) is 11.3 Å². The van der Waals surface area contributed by atoms with E-state index < -0.39 is 0 Å². The smallest absolute Gasteiger partial charge is 0.158 e. The summed E-state index contributed by atoms with van der Waals surface area (Å²) in [7, 11) is 6.01. The van der Waals surface area contributed by atoms with Crippen LogP contribution in [0.15, 0.2) is 36.7 Å². The third-order valence-corrected chi connectivity index (χ3v) is 5.72. The molecule has 0 aliphatic carbocycles. The number of aromatic amines is 1. The number of ether oxygens (including phenoxy) is 1. The van der Waals surface area contributed by atoms with Crippen LogP contribution >= 0.6 is 12.4 Å². The summed E-state index contributed by atoms with van der Waals surface area (Å²) in [6.45, 7) is 2.25. The molecule has 0 radical (unpaired) electrons. The zero-order valence-corrected chi connectivity index (χ0v) is 19.2. The van der Waals surface area contributed by atoms with Gasteiger partial charge in [-0.05, 0) is 45.1 Å². The summed E-state index contributed by atoms with van der Waals surface area (Å²) >= 11 is 0. The number of nitrogens with zero attached hydrogens (tertiary/aromatic N) is 6. The SMILES string of the molecule is COc1cc(N(C)C2CCN(C)CC2)ccc1-c1cc(Nc2cnc(C#N)cn2)n[nH]1.Cl. The van der Waals surface area contributed by atoms with Crippen molar-refractivity contribution in [1.82, 2.24) is 25.1 Å². The Hall–Kier alpha value is -3.35. The minimum atomic E-state index is 0. The monoisotopic (exact) mass is 454 g/mol. The first-order valence-corrected chi connectivity index (χ1v) is 10.2. The van der Waals surface area contributed by atoms with Crippen molar-refractivity contribution in [3.05, 3.63) is 42.4 Å². The molecule has 1 aromatic carbocycles. The van der Waals surface area contributed by atoms with Gasteiger partial charge < -0.3 is 19.9 Å². The maximum atomic E-state index is 8.83. The van der Waals surface area contributed by atoms with Gasteiger partial charge in [-0.1, -0.05) is 0 Å². The largest absolute Gasteiger partial charge is 0.496 e. The van der Waals surface area contributed by atoms with E-state index in [1.807, 2.05) is 12.1 Å². The molecule has 0 atom stereocenters. The summed E-state index contributed by atoms with van der Waals surface area (Å²) in [6, 6.07) is 10.6. The molecule has 0 saturated carbocycles. The molecule has 9 nitrogen and oxygen atoms in total. The van der Waals surface area contributed by atoms with Crippen molar-refractivity contribution in [2.45, 2.75) is 18.9 Å². The highest BCUT2D eigenvalue weighted by molar-refractivity contribution is 5.85. The van der Waals surface area contributed by atoms with Crippen LogP contribution < -0.4 is 15.0 Å². The number of H-pyrrole nitrogens is 1. The molecule has 1 aliphatic heterocycles. The van der Waals surface area contributed by atoms with Crippen molar-refractivity contribution in [1.29, 1.82) is 5.26 Å². The van der Waals surface area contributed by atoms with E-state index in [2.05, 4.69) is 67.6 Å². The molecule has 0 bridgehead atoms. The van der Waals surface area contributed by atoms with Crippen LogP contribution in [-0.2, 0) is 0 Å². The highest BCUT2D eigenvalue weighted by Gasteiger charge is 2.22. The van der Waals surface area contributed by atoms with Crippen molar-refractivity contribution in [3.63, 3.8) is 0 Å². The zero-order chi connectivity index (χ0) is 21.8. The normalized spacial score (nSPS) is 14.3. The maximum Gasteiger partial charge on any atom is 0.158 e. The molecular formula is C22H27ClN8O. The first-order valence-electron chi connectivity index (χ1n) is 10.2. The number of hydrogen-bond donors (Lipinski definition) is 2. The van der Waals surface area contributed by atoms with Crippen LogP contribution in [0.4, 0.5) is 17.3 Å². The second-order valence-corrected chi connectivity index (χ2v) is 7.72. The molecule has 0 unspecified atom stereocenters. The molecule has 2 aromatic heterocycles. The van der Waals surface area contributed by atoms with Crippen LogP contribution in [0.2, 0.25) is 0 Å². The van der Waals surface area contributed by atoms with E-state index >= 15 is 0 Å². The Bertz CT molecular complexity index is 1070. The van der Waals surface area contributed by atoms with Gasteiger partial charge in [0.05, 0.1) is 25.2 Å². The van der Waals surface area contributed by atoms with Crippen molar-refractivity contribution >= 4 is 29.7 Å². The van der Waals surface area contributed by atoms with Crippen molar-refractivity contribution in [2.24, 2.45) is 0 Å². The lowest BCUT2D eigenvalue weighted by Crippen LogP contribution is -2.41. The van der Waals surface area contributed by atoms with Crippen LogP contribution in [0.25, 0.3) is 11.3 Å². The molecular weight excluding hydrogens is 428 g/mol. The summed E-state index contributed by atoms with van der Waals surface area (Å²) in [5.41, 5.74) is 3.16. The number of piperidine rings is 1. The summed E-state index contributed by atoms with van der Waals surface area (Å²) < 4.78 is 5.69. The maximum absolute atomic E-state index is 8.83. The van der Waals surface area contributed by atoms with Gasteiger partial charge in [-0.25, -0.2) is 9.97 Å². The topological polar surface area (TPSA) is 106 Å². The summed E-state index contributed by atoms with van der Waals surface area (Å²) in [5.74, 6) is 1.90. The summed E-state index contributed by atoms with van der Waals surface area (Å²) in [5, 5.41) is 19.3. The third-order valence-electron chi connectivity index (χ3n) is 5.72. The Morgan fingerprint density at radius 3 is 2.62 bits per heavy atom. The summed E-state index contributed by atoms with van der Waals surface area (Å²) in [4.78, 5) is 12.9. The third kappa shape index (κ3) is 5.10. The summed E-state index contributed by atoms with van der Waals surface area (Å²) in [6.07, 6.45) is 5.23. The average molecular weight is 455 g/mol. The Labute approximate surface area is 193 Å². The van der Waals surface area contributed by atoms with Crippen molar-refractivity contribution in [2.75, 3.05) is 44.5 Å². The van der Waals surface area contributed by atoms with Gasteiger partial charge in [-0.3, -0.25) is 5.10 Å². The standard InChI is InChI=1S/C22H26N8O.ClH/c1-29-8-6-16(7-9-29)30(2)17-4-5-18(20(10-17)31-3)19-11-21(28-27-19)26-22-14-24-15(12-23)13-25-22;/h4-5,10-11,13-14,16H,6-9H2,1-3H3,(H2,25,26,27,28);1H. The fourth-order valence-electron chi connectivity index (χ4n) is 3.82. The zero-order valence-electron chi connectivity index (χ0n) is 18.4. The average Bonchev–Trinajstić information content (AvgIpc) is 3.27. The fourth-order valence-corrected chi connectivity index (χ4v) is 3.82. The van der Waals surface area contributed by atoms with Crippen LogP contribution in [-0.4, -0.2) is 65.4 Å². The van der Waals surface area contributed by atoms with Gasteiger partial charge in [0.15, 0.2) is 11.5 Å². The number of rotatable bonds is 6. The number of nitriles is 1. The highest BCUT2D eigenvalue weighted by atomic mass is 35.5. The van der Waals surface area contributed by atoms with E-state index in [1.54, 1.807) is 7.11 Å².